The summed E-state index contributed by atoms with van der Waals surface area (Å²) < 4.78 is 0. The molecular weight excluding hydrogens is 170 g/mol. The van der Waals surface area contributed by atoms with Crippen molar-refractivity contribution in [2.75, 3.05) is 13.1 Å². The van der Waals surface area contributed by atoms with Gasteiger partial charge in [-0.05, 0) is 30.5 Å². The molecule has 1 nitrogen and oxygen atoms in total. The molecule has 2 rings (SSSR count). The number of rotatable bonds is 1. The van der Waals surface area contributed by atoms with Crippen molar-refractivity contribution in [2.24, 2.45) is 0 Å². The van der Waals surface area contributed by atoms with E-state index in [2.05, 4.69) is 17.4 Å². The predicted octanol–water partition coefficient (Wildman–Crippen LogP) is 2.42. The van der Waals surface area contributed by atoms with Gasteiger partial charge in [-0.2, -0.15) is 0 Å². The Labute approximate surface area is 77.7 Å². The molecule has 1 aromatic rings. The molecule has 2 heteroatoms. The Hall–Kier alpha value is -0.530. The summed E-state index contributed by atoms with van der Waals surface area (Å²) in [6, 6.07) is 8.13. The van der Waals surface area contributed by atoms with Gasteiger partial charge in [0.1, 0.15) is 0 Å². The van der Waals surface area contributed by atoms with Crippen molar-refractivity contribution in [1.29, 1.82) is 0 Å². The molecule has 0 bridgehead atoms. The molecular formula is C10H12ClN. The summed E-state index contributed by atoms with van der Waals surface area (Å²) in [6.07, 6.45) is 1.21. The third-order valence-corrected chi connectivity index (χ3v) is 2.75. The number of benzene rings is 1. The fraction of sp³-hybridized carbons (Fsp3) is 0.400. The van der Waals surface area contributed by atoms with Crippen molar-refractivity contribution in [3.63, 3.8) is 0 Å². The molecule has 0 unspecified atom stereocenters. The van der Waals surface area contributed by atoms with Crippen LogP contribution in [0.1, 0.15) is 17.9 Å². The molecule has 0 saturated carbocycles. The summed E-state index contributed by atoms with van der Waals surface area (Å²) in [5.41, 5.74) is 1.30. The largest absolute Gasteiger partial charge is 0.316 e. The third kappa shape index (κ3) is 1.47. The first-order valence-electron chi connectivity index (χ1n) is 4.33. The molecule has 1 heterocycles. The van der Waals surface area contributed by atoms with Gasteiger partial charge >= 0.3 is 0 Å². The van der Waals surface area contributed by atoms with Gasteiger partial charge in [-0.15, -0.1) is 0 Å². The van der Waals surface area contributed by atoms with Crippen molar-refractivity contribution in [3.05, 3.63) is 34.9 Å². The van der Waals surface area contributed by atoms with Crippen LogP contribution >= 0.6 is 11.6 Å². The Morgan fingerprint density at radius 1 is 1.33 bits per heavy atom. The molecule has 0 amide bonds. The highest BCUT2D eigenvalue weighted by atomic mass is 35.5. The SMILES string of the molecule is Clc1ccccc1[C@@H]1CCNC1. The van der Waals surface area contributed by atoms with E-state index in [1.54, 1.807) is 0 Å². The fourth-order valence-electron chi connectivity index (χ4n) is 1.73. The van der Waals surface area contributed by atoms with E-state index in [1.807, 2.05) is 12.1 Å². The van der Waals surface area contributed by atoms with Crippen molar-refractivity contribution in [1.82, 2.24) is 5.32 Å². The third-order valence-electron chi connectivity index (χ3n) is 2.41. The lowest BCUT2D eigenvalue weighted by molar-refractivity contribution is 0.764. The van der Waals surface area contributed by atoms with Gasteiger partial charge in [0, 0.05) is 11.6 Å². The van der Waals surface area contributed by atoms with Gasteiger partial charge < -0.3 is 5.32 Å². The van der Waals surface area contributed by atoms with Crippen molar-refractivity contribution in [3.8, 4) is 0 Å². The smallest absolute Gasteiger partial charge is 0.0441 e. The first kappa shape index (κ1) is 8.09. The number of hydrogen-bond donors (Lipinski definition) is 1. The highest BCUT2D eigenvalue weighted by molar-refractivity contribution is 6.31. The average Bonchev–Trinajstić information content (AvgIpc) is 2.57. The van der Waals surface area contributed by atoms with Gasteiger partial charge in [0.15, 0.2) is 0 Å². The van der Waals surface area contributed by atoms with Crippen LogP contribution in [0.15, 0.2) is 24.3 Å². The molecule has 1 aromatic carbocycles. The Bertz CT molecular complexity index is 266. The monoisotopic (exact) mass is 181 g/mol. The molecule has 1 fully saturated rings. The zero-order chi connectivity index (χ0) is 8.39. The second-order valence-electron chi connectivity index (χ2n) is 3.21. The minimum atomic E-state index is 0.624. The molecule has 0 aliphatic carbocycles. The maximum atomic E-state index is 6.08. The first-order valence-corrected chi connectivity index (χ1v) is 4.71. The highest BCUT2D eigenvalue weighted by Crippen LogP contribution is 2.28. The standard InChI is InChI=1S/C10H12ClN/c11-10-4-2-1-3-9(10)8-5-6-12-7-8/h1-4,8,12H,5-7H2/t8-/m1/s1. The lowest BCUT2D eigenvalue weighted by Crippen LogP contribution is -2.08. The van der Waals surface area contributed by atoms with Crippen LogP contribution in [0.5, 0.6) is 0 Å². The van der Waals surface area contributed by atoms with Crippen LogP contribution in [0.2, 0.25) is 5.02 Å². The molecule has 64 valence electrons. The maximum absolute atomic E-state index is 6.08. The van der Waals surface area contributed by atoms with Crippen molar-refractivity contribution >= 4 is 11.6 Å². The highest BCUT2D eigenvalue weighted by Gasteiger charge is 2.17. The molecule has 1 saturated heterocycles. The van der Waals surface area contributed by atoms with E-state index in [-0.39, 0.29) is 0 Å². The minimum absolute atomic E-state index is 0.624. The van der Waals surface area contributed by atoms with E-state index < -0.39 is 0 Å². The zero-order valence-corrected chi connectivity index (χ0v) is 7.64. The van der Waals surface area contributed by atoms with Crippen molar-refractivity contribution in [2.45, 2.75) is 12.3 Å². The molecule has 0 spiro atoms. The average molecular weight is 182 g/mol. The molecule has 1 atom stereocenters. The normalized spacial score (nSPS) is 22.9. The van der Waals surface area contributed by atoms with Gasteiger partial charge in [-0.3, -0.25) is 0 Å². The van der Waals surface area contributed by atoms with Crippen LogP contribution in [0.25, 0.3) is 0 Å². The fourth-order valence-corrected chi connectivity index (χ4v) is 2.02. The van der Waals surface area contributed by atoms with E-state index in [0.29, 0.717) is 5.92 Å². The molecule has 1 aliphatic heterocycles. The molecule has 0 aromatic heterocycles. The van der Waals surface area contributed by atoms with Crippen LogP contribution in [0, 0.1) is 0 Å². The summed E-state index contributed by atoms with van der Waals surface area (Å²) in [4.78, 5) is 0. The van der Waals surface area contributed by atoms with Gasteiger partial charge in [0.25, 0.3) is 0 Å². The summed E-state index contributed by atoms with van der Waals surface area (Å²) >= 11 is 6.08. The Kier molecular flexibility index (Phi) is 2.33. The summed E-state index contributed by atoms with van der Waals surface area (Å²) in [5.74, 6) is 0.624. The predicted molar refractivity (Wildman–Crippen MR) is 51.7 cm³/mol. The van der Waals surface area contributed by atoms with Gasteiger partial charge in [-0.1, -0.05) is 29.8 Å². The van der Waals surface area contributed by atoms with E-state index >= 15 is 0 Å². The van der Waals surface area contributed by atoms with E-state index in [0.717, 1.165) is 18.1 Å². The van der Waals surface area contributed by atoms with Crippen LogP contribution < -0.4 is 5.32 Å². The Morgan fingerprint density at radius 3 is 2.83 bits per heavy atom. The molecule has 1 aliphatic rings. The second kappa shape index (κ2) is 3.46. The molecule has 1 N–H and O–H groups in total. The van der Waals surface area contributed by atoms with E-state index in [9.17, 15) is 0 Å². The van der Waals surface area contributed by atoms with Crippen molar-refractivity contribution < 1.29 is 0 Å². The van der Waals surface area contributed by atoms with Gasteiger partial charge in [0.05, 0.1) is 0 Å². The minimum Gasteiger partial charge on any atom is -0.316 e. The van der Waals surface area contributed by atoms with Gasteiger partial charge in [0.2, 0.25) is 0 Å². The Balaban J connectivity index is 2.26. The first-order chi connectivity index (χ1) is 5.88. The Morgan fingerprint density at radius 2 is 2.17 bits per heavy atom. The van der Waals surface area contributed by atoms with E-state index in [4.69, 9.17) is 11.6 Å². The van der Waals surface area contributed by atoms with Crippen LogP contribution in [-0.2, 0) is 0 Å². The number of halogens is 1. The van der Waals surface area contributed by atoms with Crippen LogP contribution in [0.4, 0.5) is 0 Å². The summed E-state index contributed by atoms with van der Waals surface area (Å²) in [5, 5.41) is 4.25. The van der Waals surface area contributed by atoms with Crippen LogP contribution in [-0.4, -0.2) is 13.1 Å². The second-order valence-corrected chi connectivity index (χ2v) is 3.62. The quantitative estimate of drug-likeness (QED) is 0.702. The lowest BCUT2D eigenvalue weighted by atomic mass is 9.99. The number of hydrogen-bond acceptors (Lipinski definition) is 1. The maximum Gasteiger partial charge on any atom is 0.0441 e. The van der Waals surface area contributed by atoms with Gasteiger partial charge in [-0.25, -0.2) is 0 Å². The lowest BCUT2D eigenvalue weighted by Gasteiger charge is -2.09. The summed E-state index contributed by atoms with van der Waals surface area (Å²) in [7, 11) is 0. The zero-order valence-electron chi connectivity index (χ0n) is 6.89. The number of nitrogens with one attached hydrogen (secondary N) is 1. The van der Waals surface area contributed by atoms with E-state index in [1.165, 1.54) is 12.0 Å². The van der Waals surface area contributed by atoms with Crippen LogP contribution in [0.3, 0.4) is 0 Å². The summed E-state index contributed by atoms with van der Waals surface area (Å²) in [6.45, 7) is 2.19. The topological polar surface area (TPSA) is 12.0 Å². The molecule has 0 radical (unpaired) electrons. The molecule has 12 heavy (non-hydrogen) atoms.